The smallest absolute Gasteiger partial charge is 0.204 e. The summed E-state index contributed by atoms with van der Waals surface area (Å²) in [5.41, 5.74) is 2.21. The predicted molar refractivity (Wildman–Crippen MR) is 109 cm³/mol. The van der Waals surface area contributed by atoms with Crippen LogP contribution in [0.3, 0.4) is 0 Å². The van der Waals surface area contributed by atoms with Gasteiger partial charge in [0.2, 0.25) is 8.32 Å². The van der Waals surface area contributed by atoms with Gasteiger partial charge in [-0.1, -0.05) is 106 Å². The SMILES string of the molecule is CC(C)(C)CCO[Si](C1CCCCC1)(C1CCCCC1)C(C)(C)C. The third-order valence-electron chi connectivity index (χ3n) is 6.79. The Kier molecular flexibility index (Phi) is 7.04. The van der Waals surface area contributed by atoms with E-state index >= 15 is 0 Å². The van der Waals surface area contributed by atoms with Crippen LogP contribution < -0.4 is 0 Å². The summed E-state index contributed by atoms with van der Waals surface area (Å²) in [4.78, 5) is 0. The van der Waals surface area contributed by atoms with Gasteiger partial charge in [0.25, 0.3) is 0 Å². The van der Waals surface area contributed by atoms with Gasteiger partial charge in [-0.25, -0.2) is 0 Å². The third kappa shape index (κ3) is 4.87. The van der Waals surface area contributed by atoms with E-state index in [1.54, 1.807) is 0 Å². The Balaban J connectivity index is 2.27. The molecular formula is C22H44OSi. The second-order valence-electron chi connectivity index (χ2n) is 10.9. The molecule has 0 atom stereocenters. The van der Waals surface area contributed by atoms with Crippen molar-refractivity contribution in [1.82, 2.24) is 0 Å². The maximum absolute atomic E-state index is 7.19. The second kappa shape index (κ2) is 8.25. The molecule has 2 saturated carbocycles. The Labute approximate surface area is 153 Å². The van der Waals surface area contributed by atoms with Crippen molar-refractivity contribution < 1.29 is 4.43 Å². The minimum atomic E-state index is -1.80. The summed E-state index contributed by atoms with van der Waals surface area (Å²) >= 11 is 0. The Bertz CT molecular complexity index is 346. The van der Waals surface area contributed by atoms with Crippen LogP contribution in [0.5, 0.6) is 0 Å². The molecule has 0 aromatic heterocycles. The Morgan fingerprint density at radius 2 is 1.12 bits per heavy atom. The van der Waals surface area contributed by atoms with E-state index in [2.05, 4.69) is 41.5 Å². The van der Waals surface area contributed by atoms with Crippen LogP contribution in [0, 0.1) is 5.41 Å². The van der Waals surface area contributed by atoms with Crippen molar-refractivity contribution in [2.75, 3.05) is 6.61 Å². The van der Waals surface area contributed by atoms with Gasteiger partial charge >= 0.3 is 0 Å². The largest absolute Gasteiger partial charge is 0.416 e. The lowest BCUT2D eigenvalue weighted by atomic mass is 9.93. The van der Waals surface area contributed by atoms with Gasteiger partial charge in [0.15, 0.2) is 0 Å². The van der Waals surface area contributed by atoms with E-state index < -0.39 is 8.32 Å². The molecule has 0 heterocycles. The highest BCUT2D eigenvalue weighted by Gasteiger charge is 2.57. The zero-order valence-electron chi connectivity index (χ0n) is 17.5. The summed E-state index contributed by atoms with van der Waals surface area (Å²) in [6, 6.07) is 0. The maximum atomic E-state index is 7.19. The Morgan fingerprint density at radius 3 is 1.46 bits per heavy atom. The lowest BCUT2D eigenvalue weighted by Crippen LogP contribution is -2.56. The molecule has 0 bridgehead atoms. The summed E-state index contributed by atoms with van der Waals surface area (Å²) in [6.45, 7) is 15.7. The summed E-state index contributed by atoms with van der Waals surface area (Å²) in [5.74, 6) is 0. The molecule has 2 rings (SSSR count). The van der Waals surface area contributed by atoms with E-state index in [-0.39, 0.29) is 0 Å². The maximum Gasteiger partial charge on any atom is 0.204 e. The predicted octanol–water partition coefficient (Wildman–Crippen LogP) is 7.85. The van der Waals surface area contributed by atoms with Gasteiger partial charge in [-0.05, 0) is 28.0 Å². The standard InChI is InChI=1S/C22H44OSi/c1-21(2,3)17-18-23-24(22(4,5)6,19-13-9-7-10-14-19)20-15-11-8-12-16-20/h19-20H,7-18H2,1-6H3. The molecule has 0 aromatic carbocycles. The molecule has 2 heteroatoms. The zero-order chi connectivity index (χ0) is 17.8. The number of hydrogen-bond acceptors (Lipinski definition) is 1. The number of rotatable bonds is 5. The molecule has 0 saturated heterocycles. The fourth-order valence-electron chi connectivity index (χ4n) is 5.60. The topological polar surface area (TPSA) is 9.23 Å². The van der Waals surface area contributed by atoms with E-state index in [4.69, 9.17) is 4.43 Å². The van der Waals surface area contributed by atoms with Gasteiger partial charge in [-0.3, -0.25) is 0 Å². The molecule has 0 aliphatic heterocycles. The van der Waals surface area contributed by atoms with Crippen LogP contribution in [0.4, 0.5) is 0 Å². The van der Waals surface area contributed by atoms with Crippen molar-refractivity contribution in [3.63, 3.8) is 0 Å². The van der Waals surface area contributed by atoms with Gasteiger partial charge in [-0.15, -0.1) is 0 Å². The Hall–Kier alpha value is 0.177. The molecule has 0 aromatic rings. The molecule has 0 unspecified atom stereocenters. The minimum absolute atomic E-state index is 0.370. The highest BCUT2D eigenvalue weighted by molar-refractivity contribution is 6.79. The van der Waals surface area contributed by atoms with Gasteiger partial charge in [0, 0.05) is 6.61 Å². The van der Waals surface area contributed by atoms with Gasteiger partial charge in [-0.2, -0.15) is 0 Å². The molecule has 0 spiro atoms. The van der Waals surface area contributed by atoms with Crippen LogP contribution in [0.15, 0.2) is 0 Å². The fourth-order valence-corrected chi connectivity index (χ4v) is 12.6. The van der Waals surface area contributed by atoms with Crippen molar-refractivity contribution >= 4 is 8.32 Å². The van der Waals surface area contributed by atoms with Crippen molar-refractivity contribution in [3.8, 4) is 0 Å². The van der Waals surface area contributed by atoms with E-state index in [1.165, 1.54) is 70.6 Å². The first-order valence-corrected chi connectivity index (χ1v) is 12.9. The average molecular weight is 353 g/mol. The van der Waals surface area contributed by atoms with Crippen LogP contribution in [0.2, 0.25) is 16.1 Å². The summed E-state index contributed by atoms with van der Waals surface area (Å²) < 4.78 is 7.19. The highest BCUT2D eigenvalue weighted by atomic mass is 28.4. The molecule has 2 aliphatic carbocycles. The van der Waals surface area contributed by atoms with Crippen molar-refractivity contribution in [3.05, 3.63) is 0 Å². The van der Waals surface area contributed by atoms with E-state index in [1.807, 2.05) is 0 Å². The summed E-state index contributed by atoms with van der Waals surface area (Å²) in [5, 5.41) is 0.370. The van der Waals surface area contributed by atoms with Crippen LogP contribution in [-0.2, 0) is 4.43 Å². The molecule has 24 heavy (non-hydrogen) atoms. The first kappa shape index (κ1) is 20.5. The average Bonchev–Trinajstić information content (AvgIpc) is 2.51. The van der Waals surface area contributed by atoms with Gasteiger partial charge in [0.1, 0.15) is 0 Å². The summed E-state index contributed by atoms with van der Waals surface area (Å²) in [6.07, 6.45) is 15.7. The molecule has 142 valence electrons. The van der Waals surface area contributed by atoms with Crippen LogP contribution in [-0.4, -0.2) is 14.9 Å². The van der Waals surface area contributed by atoms with Crippen LogP contribution >= 0.6 is 0 Å². The molecule has 0 amide bonds. The summed E-state index contributed by atoms with van der Waals surface area (Å²) in [7, 11) is -1.80. The molecule has 2 fully saturated rings. The van der Waals surface area contributed by atoms with Crippen LogP contribution in [0.25, 0.3) is 0 Å². The highest BCUT2D eigenvalue weighted by Crippen LogP contribution is 2.58. The molecular weight excluding hydrogens is 308 g/mol. The third-order valence-corrected chi connectivity index (χ3v) is 13.4. The normalized spacial score (nSPS) is 22.8. The minimum Gasteiger partial charge on any atom is -0.416 e. The second-order valence-corrected chi connectivity index (χ2v) is 15.9. The van der Waals surface area contributed by atoms with Crippen molar-refractivity contribution in [2.45, 2.75) is 128 Å². The van der Waals surface area contributed by atoms with E-state index in [0.29, 0.717) is 10.5 Å². The van der Waals surface area contributed by atoms with E-state index in [9.17, 15) is 0 Å². The lowest BCUT2D eigenvalue weighted by Gasteiger charge is -2.54. The van der Waals surface area contributed by atoms with Gasteiger partial charge in [0.05, 0.1) is 0 Å². The van der Waals surface area contributed by atoms with Gasteiger partial charge < -0.3 is 4.43 Å². The zero-order valence-corrected chi connectivity index (χ0v) is 18.5. The lowest BCUT2D eigenvalue weighted by molar-refractivity contribution is 0.196. The molecule has 0 radical (unpaired) electrons. The fraction of sp³-hybridized carbons (Fsp3) is 1.00. The van der Waals surface area contributed by atoms with E-state index in [0.717, 1.165) is 17.7 Å². The molecule has 2 aliphatic rings. The van der Waals surface area contributed by atoms with Crippen LogP contribution in [0.1, 0.15) is 112 Å². The first-order chi connectivity index (χ1) is 11.2. The quantitative estimate of drug-likeness (QED) is 0.458. The first-order valence-electron chi connectivity index (χ1n) is 10.8. The van der Waals surface area contributed by atoms with Crippen molar-refractivity contribution in [1.29, 1.82) is 0 Å². The van der Waals surface area contributed by atoms with Crippen molar-refractivity contribution in [2.24, 2.45) is 5.41 Å². The monoisotopic (exact) mass is 352 g/mol. The Morgan fingerprint density at radius 1 is 0.708 bits per heavy atom. The molecule has 1 nitrogen and oxygen atoms in total. The molecule has 0 N–H and O–H groups in total. The number of hydrogen-bond donors (Lipinski definition) is 0.